The van der Waals surface area contributed by atoms with E-state index < -0.39 is 11.5 Å². The maximum atomic E-state index is 15.7. The summed E-state index contributed by atoms with van der Waals surface area (Å²) < 4.78 is 26.3. The molecule has 2 aliphatic rings. The van der Waals surface area contributed by atoms with Crippen molar-refractivity contribution in [2.24, 2.45) is 0 Å². The Hall–Kier alpha value is -2.66. The molecule has 4 rings (SSSR count). The number of carbonyl (C=O) groups excluding carboxylic acids is 1. The predicted octanol–water partition coefficient (Wildman–Crippen LogP) is 4.37. The van der Waals surface area contributed by atoms with E-state index in [9.17, 15) is 4.79 Å². The van der Waals surface area contributed by atoms with Gasteiger partial charge in [-0.25, -0.2) is 4.39 Å². The van der Waals surface area contributed by atoms with Crippen molar-refractivity contribution in [2.45, 2.75) is 31.5 Å². The van der Waals surface area contributed by atoms with E-state index in [2.05, 4.69) is 23.1 Å². The number of alkyl halides is 1. The highest BCUT2D eigenvalue weighted by Gasteiger charge is 2.47. The number of hydrogen-bond acceptors (Lipinski definition) is 4. The molecule has 0 N–H and O–H groups in total. The van der Waals surface area contributed by atoms with Crippen molar-refractivity contribution < 1.29 is 18.7 Å². The first-order valence-corrected chi connectivity index (χ1v) is 9.95. The van der Waals surface area contributed by atoms with Crippen LogP contribution in [0.4, 0.5) is 4.39 Å². The van der Waals surface area contributed by atoms with Gasteiger partial charge in [-0.05, 0) is 29.7 Å². The Bertz CT molecular complexity index is 941. The Morgan fingerprint density at radius 1 is 1.10 bits per heavy atom. The number of halogens is 1. The fourth-order valence-corrected chi connectivity index (χ4v) is 4.30. The highest BCUT2D eigenvalue weighted by molar-refractivity contribution is 6.07. The Balaban J connectivity index is 1.45. The molecule has 1 unspecified atom stereocenters. The number of nitrogens with zero attached hydrogens (tertiary/aromatic N) is 1. The van der Waals surface area contributed by atoms with Gasteiger partial charge < -0.3 is 9.47 Å². The molecule has 0 bridgehead atoms. The first-order valence-electron chi connectivity index (χ1n) is 9.95. The number of rotatable bonds is 6. The number of Topliss-reactive ketones (excluding diaryl/α,β-unsaturated/α-hetero) is 1. The molecule has 4 nitrogen and oxygen atoms in total. The molecule has 29 heavy (non-hydrogen) atoms. The zero-order valence-electron chi connectivity index (χ0n) is 16.9. The van der Waals surface area contributed by atoms with Crippen LogP contribution in [0.25, 0.3) is 0 Å². The van der Waals surface area contributed by atoms with Crippen LogP contribution in [0.3, 0.4) is 0 Å². The molecule has 2 aromatic rings. The topological polar surface area (TPSA) is 38.8 Å². The van der Waals surface area contributed by atoms with Crippen LogP contribution in [-0.2, 0) is 13.0 Å². The second-order valence-corrected chi connectivity index (χ2v) is 7.85. The Morgan fingerprint density at radius 2 is 1.83 bits per heavy atom. The minimum atomic E-state index is -1.88. The minimum Gasteiger partial charge on any atom is -0.493 e. The molecule has 1 heterocycles. The number of carbonyl (C=O) groups is 1. The molecule has 0 aromatic heterocycles. The summed E-state index contributed by atoms with van der Waals surface area (Å²) in [5.41, 5.74) is 1.52. The maximum Gasteiger partial charge on any atom is 0.201 e. The molecule has 1 aliphatic heterocycles. The van der Waals surface area contributed by atoms with Crippen LogP contribution in [0.1, 0.15) is 34.3 Å². The summed E-state index contributed by atoms with van der Waals surface area (Å²) in [6.45, 7) is 2.54. The van der Waals surface area contributed by atoms with E-state index in [4.69, 9.17) is 9.47 Å². The van der Waals surface area contributed by atoms with E-state index in [0.717, 1.165) is 31.6 Å². The predicted molar refractivity (Wildman–Crippen MR) is 110 cm³/mol. The molecular weight excluding hydrogens is 369 g/mol. The molecule has 2 aromatic carbocycles. The molecule has 0 amide bonds. The van der Waals surface area contributed by atoms with E-state index >= 15 is 4.39 Å². The normalized spacial score (nSPS) is 21.6. The van der Waals surface area contributed by atoms with Gasteiger partial charge in [0.05, 0.1) is 14.2 Å². The number of hydrogen-bond donors (Lipinski definition) is 0. The lowest BCUT2D eigenvalue weighted by Crippen LogP contribution is -2.34. The van der Waals surface area contributed by atoms with Crippen LogP contribution in [-0.4, -0.2) is 43.7 Å². The van der Waals surface area contributed by atoms with Gasteiger partial charge in [-0.3, -0.25) is 9.69 Å². The molecule has 5 heteroatoms. The van der Waals surface area contributed by atoms with Crippen LogP contribution in [0.15, 0.2) is 54.1 Å². The highest BCUT2D eigenvalue weighted by Crippen LogP contribution is 2.42. The first kappa shape index (κ1) is 19.6. The van der Waals surface area contributed by atoms with Gasteiger partial charge in [-0.15, -0.1) is 0 Å². The van der Waals surface area contributed by atoms with Crippen LogP contribution in [0, 0.1) is 0 Å². The summed E-state index contributed by atoms with van der Waals surface area (Å²) in [6.07, 6.45) is 3.12. The molecule has 0 fully saturated rings. The molecule has 1 atom stereocenters. The summed E-state index contributed by atoms with van der Waals surface area (Å²) in [7, 11) is 3.05. The maximum absolute atomic E-state index is 15.7. The van der Waals surface area contributed by atoms with Gasteiger partial charge in [-0.1, -0.05) is 42.0 Å². The standard InChI is InChI=1S/C24H26FNO3/c1-28-21-12-19-15-24(25,23(27)20(19)13-22(21)29-2)14-17-8-10-26(11-9-17)16-18-6-4-3-5-7-18/h3-8,12-13H,9-11,14-16H2,1-2H3. The zero-order valence-corrected chi connectivity index (χ0v) is 16.9. The van der Waals surface area contributed by atoms with E-state index in [1.165, 1.54) is 19.8 Å². The lowest BCUT2D eigenvalue weighted by atomic mass is 9.89. The quantitative estimate of drug-likeness (QED) is 0.681. The molecular formula is C24H26FNO3. The smallest absolute Gasteiger partial charge is 0.201 e. The first-order chi connectivity index (χ1) is 14.0. The number of methoxy groups -OCH3 is 2. The Morgan fingerprint density at radius 3 is 2.48 bits per heavy atom. The molecule has 1 aliphatic carbocycles. The monoisotopic (exact) mass is 395 g/mol. The van der Waals surface area contributed by atoms with Crippen molar-refractivity contribution in [3.05, 3.63) is 70.8 Å². The fraction of sp³-hybridized carbons (Fsp3) is 0.375. The Kier molecular flexibility index (Phi) is 5.41. The van der Waals surface area contributed by atoms with Crippen molar-refractivity contribution in [2.75, 3.05) is 27.3 Å². The van der Waals surface area contributed by atoms with Crippen molar-refractivity contribution in [3.63, 3.8) is 0 Å². The van der Waals surface area contributed by atoms with E-state index in [1.54, 1.807) is 12.1 Å². The van der Waals surface area contributed by atoms with E-state index in [1.807, 2.05) is 18.2 Å². The Labute approximate surface area is 170 Å². The van der Waals surface area contributed by atoms with Gasteiger partial charge in [0.1, 0.15) is 0 Å². The van der Waals surface area contributed by atoms with Gasteiger partial charge in [0, 0.05) is 38.0 Å². The third kappa shape index (κ3) is 3.92. The molecule has 152 valence electrons. The summed E-state index contributed by atoms with van der Waals surface area (Å²) in [5.74, 6) is 0.537. The van der Waals surface area contributed by atoms with Crippen LogP contribution < -0.4 is 9.47 Å². The van der Waals surface area contributed by atoms with E-state index in [-0.39, 0.29) is 12.8 Å². The second-order valence-electron chi connectivity index (χ2n) is 7.85. The summed E-state index contributed by atoms with van der Waals surface area (Å²) in [5, 5.41) is 0. The largest absolute Gasteiger partial charge is 0.493 e. The second kappa shape index (κ2) is 7.99. The van der Waals surface area contributed by atoms with Gasteiger partial charge >= 0.3 is 0 Å². The number of benzene rings is 2. The van der Waals surface area contributed by atoms with Crippen molar-refractivity contribution in [3.8, 4) is 11.5 Å². The third-order valence-electron chi connectivity index (χ3n) is 5.88. The SMILES string of the molecule is COc1cc2c(cc1OC)C(=O)C(F)(CC1=CCN(Cc3ccccc3)CC1)C2. The van der Waals surface area contributed by atoms with Crippen molar-refractivity contribution in [1.82, 2.24) is 4.90 Å². The summed E-state index contributed by atoms with van der Waals surface area (Å²) >= 11 is 0. The summed E-state index contributed by atoms with van der Waals surface area (Å²) in [4.78, 5) is 15.2. The van der Waals surface area contributed by atoms with Crippen LogP contribution >= 0.6 is 0 Å². The van der Waals surface area contributed by atoms with E-state index in [0.29, 0.717) is 22.6 Å². The number of ketones is 1. The molecule has 0 saturated carbocycles. The number of ether oxygens (including phenoxy) is 2. The zero-order chi connectivity index (χ0) is 20.4. The van der Waals surface area contributed by atoms with Gasteiger partial charge in [0.15, 0.2) is 17.2 Å². The lowest BCUT2D eigenvalue weighted by molar-refractivity contribution is 0.0716. The van der Waals surface area contributed by atoms with Crippen LogP contribution in [0.5, 0.6) is 11.5 Å². The van der Waals surface area contributed by atoms with Gasteiger partial charge in [-0.2, -0.15) is 0 Å². The van der Waals surface area contributed by atoms with Crippen molar-refractivity contribution >= 4 is 5.78 Å². The van der Waals surface area contributed by atoms with Crippen LogP contribution in [0.2, 0.25) is 0 Å². The lowest BCUT2D eigenvalue weighted by Gasteiger charge is -2.28. The third-order valence-corrected chi connectivity index (χ3v) is 5.88. The molecule has 0 saturated heterocycles. The molecule has 0 radical (unpaired) electrons. The average Bonchev–Trinajstić information content (AvgIpc) is 2.98. The average molecular weight is 395 g/mol. The van der Waals surface area contributed by atoms with Crippen molar-refractivity contribution in [1.29, 1.82) is 0 Å². The number of fused-ring (bicyclic) bond motifs is 1. The van der Waals surface area contributed by atoms with Gasteiger partial charge in [0.25, 0.3) is 0 Å². The molecule has 0 spiro atoms. The van der Waals surface area contributed by atoms with Gasteiger partial charge in [0.2, 0.25) is 5.78 Å². The minimum absolute atomic E-state index is 0.0899. The summed E-state index contributed by atoms with van der Waals surface area (Å²) in [6, 6.07) is 13.7. The highest BCUT2D eigenvalue weighted by atomic mass is 19.1. The fourth-order valence-electron chi connectivity index (χ4n) is 4.30.